The summed E-state index contributed by atoms with van der Waals surface area (Å²) in [6.45, 7) is 3.84. The minimum atomic E-state index is -0.913. The summed E-state index contributed by atoms with van der Waals surface area (Å²) in [5.41, 5.74) is 0. The number of alkyl halides is 3. The van der Waals surface area contributed by atoms with E-state index in [0.717, 1.165) is 12.8 Å². The van der Waals surface area contributed by atoms with Crippen LogP contribution in [0.25, 0.3) is 0 Å². The Kier molecular flexibility index (Phi) is 3.32. The van der Waals surface area contributed by atoms with Crippen molar-refractivity contribution >= 4 is 34.8 Å². The van der Waals surface area contributed by atoms with Crippen LogP contribution in [0.4, 0.5) is 0 Å². The van der Waals surface area contributed by atoms with Crippen molar-refractivity contribution in [3.63, 3.8) is 0 Å². The summed E-state index contributed by atoms with van der Waals surface area (Å²) in [5.74, 6) is 0. The third-order valence-electron chi connectivity index (χ3n) is 2.67. The van der Waals surface area contributed by atoms with Gasteiger partial charge in [0.15, 0.2) is 0 Å². The van der Waals surface area contributed by atoms with Gasteiger partial charge in [-0.15, -0.1) is 34.8 Å². The highest BCUT2D eigenvalue weighted by atomic mass is 35.5. The topological polar surface area (TPSA) is 23.8 Å². The van der Waals surface area contributed by atoms with Gasteiger partial charge in [-0.05, 0) is 39.5 Å². The Balaban J connectivity index is 2.94. The molecule has 0 saturated heterocycles. The van der Waals surface area contributed by atoms with Crippen LogP contribution in [-0.2, 0) is 0 Å². The van der Waals surface area contributed by atoms with Crippen LogP contribution < -0.4 is 0 Å². The maximum atomic E-state index is 9.04. The van der Waals surface area contributed by atoms with Gasteiger partial charge < -0.3 is 0 Å². The van der Waals surface area contributed by atoms with E-state index in [1.165, 1.54) is 0 Å². The molecule has 0 aromatic rings. The third-order valence-corrected chi connectivity index (χ3v) is 3.66. The number of halogens is 3. The normalized spacial score (nSPS) is 49.4. The van der Waals surface area contributed by atoms with E-state index < -0.39 is 14.6 Å². The monoisotopic (exact) mass is 253 g/mol. The van der Waals surface area contributed by atoms with Crippen LogP contribution in [0.1, 0.15) is 39.5 Å². The summed E-state index contributed by atoms with van der Waals surface area (Å²) >= 11 is 18.7. The molecule has 0 aromatic carbocycles. The molecular formula is C10H14Cl3N. The molecule has 1 aliphatic rings. The molecule has 0 spiro atoms. The molecule has 14 heavy (non-hydrogen) atoms. The minimum absolute atomic E-state index is 0.413. The molecule has 4 heteroatoms. The molecule has 1 aliphatic carbocycles. The standard InChI is InChI=1S/C10H14Cl3N/c1-8(11)3-4-9(2,12)6-10(13,5-8)7-14/h3-6H2,1-2H3. The van der Waals surface area contributed by atoms with E-state index in [1.807, 2.05) is 13.8 Å². The summed E-state index contributed by atoms with van der Waals surface area (Å²) in [7, 11) is 0. The fourth-order valence-corrected chi connectivity index (χ4v) is 3.38. The van der Waals surface area contributed by atoms with Gasteiger partial charge in [0.1, 0.15) is 4.87 Å². The predicted molar refractivity (Wildman–Crippen MR) is 61.2 cm³/mol. The summed E-state index contributed by atoms with van der Waals surface area (Å²) in [6.07, 6.45) is 2.57. The summed E-state index contributed by atoms with van der Waals surface area (Å²) < 4.78 is 0. The average Bonchev–Trinajstić information content (AvgIpc) is 2.06. The SMILES string of the molecule is CC1(Cl)CCC(C)(Cl)CC(Cl)(C#N)C1. The first kappa shape index (κ1) is 12.4. The number of nitrogens with zero attached hydrogens (tertiary/aromatic N) is 1. The molecule has 1 fully saturated rings. The smallest absolute Gasteiger partial charge is 0.134 e. The highest BCUT2D eigenvalue weighted by Gasteiger charge is 2.45. The molecular weight excluding hydrogens is 240 g/mol. The van der Waals surface area contributed by atoms with E-state index in [-0.39, 0.29) is 0 Å². The molecule has 1 nitrogen and oxygen atoms in total. The second-order valence-electron chi connectivity index (χ2n) is 4.76. The molecule has 0 heterocycles. The van der Waals surface area contributed by atoms with Gasteiger partial charge in [-0.2, -0.15) is 5.26 Å². The molecule has 2 atom stereocenters. The Bertz CT molecular complexity index is 247. The van der Waals surface area contributed by atoms with Gasteiger partial charge in [-0.25, -0.2) is 0 Å². The predicted octanol–water partition coefficient (Wildman–Crippen LogP) is 4.06. The van der Waals surface area contributed by atoms with Crippen molar-refractivity contribution in [1.29, 1.82) is 5.26 Å². The maximum Gasteiger partial charge on any atom is 0.134 e. The van der Waals surface area contributed by atoms with Gasteiger partial charge in [0, 0.05) is 9.75 Å². The molecule has 0 aromatic heterocycles. The van der Waals surface area contributed by atoms with Gasteiger partial charge >= 0.3 is 0 Å². The number of hydrogen-bond donors (Lipinski definition) is 0. The quantitative estimate of drug-likeness (QED) is 0.472. The number of hydrogen-bond acceptors (Lipinski definition) is 1. The Morgan fingerprint density at radius 1 is 1.00 bits per heavy atom. The first-order valence-electron chi connectivity index (χ1n) is 4.66. The van der Waals surface area contributed by atoms with Crippen molar-refractivity contribution in [2.45, 2.75) is 54.2 Å². The first-order valence-corrected chi connectivity index (χ1v) is 5.80. The molecule has 0 N–H and O–H groups in total. The van der Waals surface area contributed by atoms with E-state index in [4.69, 9.17) is 40.1 Å². The Morgan fingerprint density at radius 2 is 1.36 bits per heavy atom. The lowest BCUT2D eigenvalue weighted by atomic mass is 9.92. The summed E-state index contributed by atoms with van der Waals surface area (Å²) in [5, 5.41) is 9.04. The van der Waals surface area contributed by atoms with Crippen molar-refractivity contribution < 1.29 is 0 Å². The second kappa shape index (κ2) is 3.74. The summed E-state index contributed by atoms with van der Waals surface area (Å²) in [6, 6.07) is 2.13. The van der Waals surface area contributed by atoms with Crippen LogP contribution in [-0.4, -0.2) is 14.6 Å². The fraction of sp³-hybridized carbons (Fsp3) is 0.900. The Labute approximate surface area is 100 Å². The van der Waals surface area contributed by atoms with Crippen LogP contribution in [0.2, 0.25) is 0 Å². The van der Waals surface area contributed by atoms with E-state index in [1.54, 1.807) is 0 Å². The van der Waals surface area contributed by atoms with Crippen molar-refractivity contribution in [2.75, 3.05) is 0 Å². The largest absolute Gasteiger partial charge is 0.196 e. The molecule has 1 saturated carbocycles. The van der Waals surface area contributed by atoms with Crippen LogP contribution in [0, 0.1) is 11.3 Å². The molecule has 0 bridgehead atoms. The van der Waals surface area contributed by atoms with Crippen molar-refractivity contribution in [3.8, 4) is 6.07 Å². The van der Waals surface area contributed by atoms with Crippen molar-refractivity contribution in [1.82, 2.24) is 0 Å². The van der Waals surface area contributed by atoms with Gasteiger partial charge in [-0.3, -0.25) is 0 Å². The zero-order chi connectivity index (χ0) is 11.0. The Morgan fingerprint density at radius 3 is 1.64 bits per heavy atom. The van der Waals surface area contributed by atoms with Crippen LogP contribution in [0.3, 0.4) is 0 Å². The summed E-state index contributed by atoms with van der Waals surface area (Å²) in [4.78, 5) is -1.74. The Hall–Kier alpha value is 0.360. The van der Waals surface area contributed by atoms with E-state index in [9.17, 15) is 0 Å². The first-order chi connectivity index (χ1) is 6.18. The van der Waals surface area contributed by atoms with Crippen LogP contribution in [0.15, 0.2) is 0 Å². The fourth-order valence-electron chi connectivity index (χ4n) is 2.01. The highest BCUT2D eigenvalue weighted by Crippen LogP contribution is 2.47. The second-order valence-corrected chi connectivity index (χ2v) is 7.31. The van der Waals surface area contributed by atoms with Gasteiger partial charge in [0.05, 0.1) is 6.07 Å². The lowest BCUT2D eigenvalue weighted by molar-refractivity contribution is 0.508. The zero-order valence-electron chi connectivity index (χ0n) is 8.41. The van der Waals surface area contributed by atoms with E-state index in [0.29, 0.717) is 12.8 Å². The van der Waals surface area contributed by atoms with Crippen LogP contribution in [0.5, 0.6) is 0 Å². The lowest BCUT2D eigenvalue weighted by Gasteiger charge is -2.27. The number of nitriles is 1. The molecule has 0 aliphatic heterocycles. The zero-order valence-corrected chi connectivity index (χ0v) is 10.7. The average molecular weight is 255 g/mol. The minimum Gasteiger partial charge on any atom is -0.196 e. The van der Waals surface area contributed by atoms with E-state index >= 15 is 0 Å². The maximum absolute atomic E-state index is 9.04. The van der Waals surface area contributed by atoms with Gasteiger partial charge in [0.25, 0.3) is 0 Å². The lowest BCUT2D eigenvalue weighted by Crippen LogP contribution is -2.31. The van der Waals surface area contributed by atoms with Crippen molar-refractivity contribution in [2.24, 2.45) is 0 Å². The van der Waals surface area contributed by atoms with E-state index in [2.05, 4.69) is 6.07 Å². The number of rotatable bonds is 0. The third kappa shape index (κ3) is 3.19. The van der Waals surface area contributed by atoms with Gasteiger partial charge in [0.2, 0.25) is 0 Å². The van der Waals surface area contributed by atoms with Crippen LogP contribution >= 0.6 is 34.8 Å². The molecule has 80 valence electrons. The van der Waals surface area contributed by atoms with Crippen molar-refractivity contribution in [3.05, 3.63) is 0 Å². The molecule has 0 radical (unpaired) electrons. The molecule has 2 unspecified atom stereocenters. The molecule has 0 amide bonds. The molecule has 1 rings (SSSR count). The highest BCUT2D eigenvalue weighted by molar-refractivity contribution is 6.30. The van der Waals surface area contributed by atoms with Gasteiger partial charge in [-0.1, -0.05) is 0 Å².